The van der Waals surface area contributed by atoms with Crippen LogP contribution in [0.15, 0.2) is 91.3 Å². The Hall–Kier alpha value is -4.26. The third-order valence-corrected chi connectivity index (χ3v) is 6.37. The lowest BCUT2D eigenvalue weighted by molar-refractivity contribution is -0.135. The summed E-state index contributed by atoms with van der Waals surface area (Å²) in [4.78, 5) is 45.7. The average Bonchev–Trinajstić information content (AvgIpc) is 2.93. The normalized spacial score (nSPS) is 15.6. The maximum atomic E-state index is 14.0. The van der Waals surface area contributed by atoms with Gasteiger partial charge in [-0.2, -0.15) is 0 Å². The van der Waals surface area contributed by atoms with E-state index in [1.54, 1.807) is 41.6 Å². The number of nitrogens with one attached hydrogen (secondary N) is 2. The summed E-state index contributed by atoms with van der Waals surface area (Å²) in [6, 6.07) is 19.4. The summed E-state index contributed by atoms with van der Waals surface area (Å²) < 4.78 is 0. The van der Waals surface area contributed by atoms with Crippen LogP contribution in [0.4, 0.5) is 5.69 Å². The second-order valence-corrected chi connectivity index (χ2v) is 9.06. The Labute approximate surface area is 217 Å². The predicted molar refractivity (Wildman–Crippen MR) is 144 cm³/mol. The van der Waals surface area contributed by atoms with Crippen LogP contribution in [0.1, 0.15) is 53.7 Å². The van der Waals surface area contributed by atoms with Gasteiger partial charge in [-0.05, 0) is 42.2 Å². The average molecular weight is 497 g/mol. The van der Waals surface area contributed by atoms with Gasteiger partial charge in [-0.1, -0.05) is 67.6 Å². The molecule has 3 aromatic rings. The van der Waals surface area contributed by atoms with E-state index in [1.165, 1.54) is 0 Å². The zero-order chi connectivity index (χ0) is 26.0. The van der Waals surface area contributed by atoms with Crippen LogP contribution in [0.25, 0.3) is 0 Å². The first-order chi connectivity index (χ1) is 18.1. The molecule has 0 saturated heterocycles. The molecular weight excluding hydrogens is 464 g/mol. The summed E-state index contributed by atoms with van der Waals surface area (Å²) in [7, 11) is 0. The molecule has 0 aliphatic carbocycles. The molecular formula is C30H32N4O3. The molecule has 7 nitrogen and oxygen atoms in total. The van der Waals surface area contributed by atoms with Crippen LogP contribution >= 0.6 is 0 Å². The minimum absolute atomic E-state index is 0.154. The number of carbonyl (C=O) groups excluding carboxylic acids is 3. The number of rotatable bonds is 9. The molecule has 0 radical (unpaired) electrons. The fourth-order valence-corrected chi connectivity index (χ4v) is 4.52. The lowest BCUT2D eigenvalue weighted by Crippen LogP contribution is -2.51. The summed E-state index contributed by atoms with van der Waals surface area (Å²) in [6.45, 7) is 2.37. The van der Waals surface area contributed by atoms with E-state index in [2.05, 4.69) is 21.7 Å². The molecule has 2 aromatic carbocycles. The highest BCUT2D eigenvalue weighted by Gasteiger charge is 2.32. The van der Waals surface area contributed by atoms with E-state index in [0.29, 0.717) is 43.5 Å². The van der Waals surface area contributed by atoms with Crippen molar-refractivity contribution in [1.82, 2.24) is 15.2 Å². The van der Waals surface area contributed by atoms with Gasteiger partial charge in [0, 0.05) is 31.8 Å². The molecule has 1 aliphatic rings. The predicted octanol–water partition coefficient (Wildman–Crippen LogP) is 4.69. The van der Waals surface area contributed by atoms with E-state index in [1.807, 2.05) is 55.5 Å². The van der Waals surface area contributed by atoms with Crippen molar-refractivity contribution in [3.05, 3.63) is 108 Å². The number of nitrogens with zero attached hydrogens (tertiary/aromatic N) is 2. The van der Waals surface area contributed by atoms with E-state index >= 15 is 0 Å². The van der Waals surface area contributed by atoms with Gasteiger partial charge in [-0.25, -0.2) is 0 Å². The van der Waals surface area contributed by atoms with Crippen molar-refractivity contribution < 1.29 is 14.4 Å². The van der Waals surface area contributed by atoms with Gasteiger partial charge >= 0.3 is 0 Å². The van der Waals surface area contributed by atoms with Crippen LogP contribution in [-0.2, 0) is 16.0 Å². The lowest BCUT2D eigenvalue weighted by Gasteiger charge is -2.36. The number of amides is 3. The Balaban J connectivity index is 1.61. The molecule has 4 rings (SSSR count). The first kappa shape index (κ1) is 25.8. The minimum Gasteiger partial charge on any atom is -0.340 e. The molecule has 2 atom stereocenters. The van der Waals surface area contributed by atoms with Crippen LogP contribution in [0.3, 0.4) is 0 Å². The molecule has 7 heteroatoms. The molecule has 0 bridgehead atoms. The fraction of sp³-hybridized carbons (Fsp3) is 0.267. The Kier molecular flexibility index (Phi) is 8.81. The van der Waals surface area contributed by atoms with E-state index < -0.39 is 11.9 Å². The third-order valence-electron chi connectivity index (χ3n) is 6.37. The van der Waals surface area contributed by atoms with Crippen molar-refractivity contribution in [2.24, 2.45) is 0 Å². The second-order valence-electron chi connectivity index (χ2n) is 9.06. The summed E-state index contributed by atoms with van der Waals surface area (Å²) in [5, 5.41) is 5.80. The zero-order valence-corrected chi connectivity index (χ0v) is 21.0. The molecule has 0 spiro atoms. The van der Waals surface area contributed by atoms with Gasteiger partial charge in [0.25, 0.3) is 5.91 Å². The summed E-state index contributed by atoms with van der Waals surface area (Å²) in [5.41, 5.74) is 2.64. The number of benzene rings is 2. The fourth-order valence-electron chi connectivity index (χ4n) is 4.52. The molecule has 2 N–H and O–H groups in total. The maximum Gasteiger partial charge on any atom is 0.254 e. The van der Waals surface area contributed by atoms with Gasteiger partial charge in [0.15, 0.2) is 0 Å². The van der Waals surface area contributed by atoms with Gasteiger partial charge in [-0.15, -0.1) is 0 Å². The van der Waals surface area contributed by atoms with Crippen molar-refractivity contribution in [2.45, 2.75) is 44.7 Å². The maximum absolute atomic E-state index is 14.0. The van der Waals surface area contributed by atoms with E-state index in [4.69, 9.17) is 0 Å². The quantitative estimate of drug-likeness (QED) is 0.421. The number of hydrogen-bond donors (Lipinski definition) is 2. The van der Waals surface area contributed by atoms with Gasteiger partial charge < -0.3 is 15.5 Å². The third kappa shape index (κ3) is 6.70. The van der Waals surface area contributed by atoms with Gasteiger partial charge in [0.05, 0.1) is 17.3 Å². The van der Waals surface area contributed by atoms with Gasteiger partial charge in [0.2, 0.25) is 11.8 Å². The SMILES string of the molecule is CCCC(=O)Nc1ccccc1C(=O)N[C@@H](Cc1ccccc1)C(=O)N1CC=CCC1c1cccnc1. The van der Waals surface area contributed by atoms with E-state index in [9.17, 15) is 14.4 Å². The Morgan fingerprint density at radius 1 is 1.00 bits per heavy atom. The van der Waals surface area contributed by atoms with E-state index in [0.717, 1.165) is 11.1 Å². The molecule has 3 amide bonds. The highest BCUT2D eigenvalue weighted by Crippen LogP contribution is 2.28. The molecule has 0 fully saturated rings. The molecule has 1 aromatic heterocycles. The summed E-state index contributed by atoms with van der Waals surface area (Å²) in [5.74, 6) is -0.728. The zero-order valence-electron chi connectivity index (χ0n) is 21.0. The Morgan fingerprint density at radius 3 is 2.54 bits per heavy atom. The minimum atomic E-state index is -0.792. The standard InChI is InChI=1S/C30H32N4O3/c1-2-11-28(35)32-25-16-7-6-15-24(25)29(36)33-26(20-22-12-4-3-5-13-22)30(37)34-19-9-8-17-27(34)23-14-10-18-31-21-23/h3-10,12-16,18,21,26-27H,2,11,17,19-20H2,1H3,(H,32,35)(H,33,36)/t26-,27?/m0/s1. The molecule has 37 heavy (non-hydrogen) atoms. The van der Waals surface area contributed by atoms with Gasteiger partial charge in [0.1, 0.15) is 6.04 Å². The lowest BCUT2D eigenvalue weighted by atomic mass is 9.97. The van der Waals surface area contributed by atoms with Crippen molar-refractivity contribution >= 4 is 23.4 Å². The molecule has 190 valence electrons. The van der Waals surface area contributed by atoms with Crippen LogP contribution in [0.5, 0.6) is 0 Å². The Morgan fingerprint density at radius 2 is 1.78 bits per heavy atom. The highest BCUT2D eigenvalue weighted by molar-refractivity contribution is 6.05. The summed E-state index contributed by atoms with van der Waals surface area (Å²) >= 11 is 0. The molecule has 1 unspecified atom stereocenters. The topological polar surface area (TPSA) is 91.4 Å². The van der Waals surface area contributed by atoms with E-state index in [-0.39, 0.29) is 17.9 Å². The van der Waals surface area contributed by atoms with Crippen LogP contribution in [0, 0.1) is 0 Å². The monoisotopic (exact) mass is 496 g/mol. The van der Waals surface area contributed by atoms with Crippen molar-refractivity contribution in [2.75, 3.05) is 11.9 Å². The smallest absolute Gasteiger partial charge is 0.254 e. The van der Waals surface area contributed by atoms with Crippen molar-refractivity contribution in [1.29, 1.82) is 0 Å². The molecule has 0 saturated carbocycles. The van der Waals surface area contributed by atoms with Crippen LogP contribution in [0.2, 0.25) is 0 Å². The Bertz CT molecular complexity index is 1240. The first-order valence-electron chi connectivity index (χ1n) is 12.7. The first-order valence-corrected chi connectivity index (χ1v) is 12.7. The number of para-hydroxylation sites is 1. The number of hydrogen-bond acceptors (Lipinski definition) is 4. The summed E-state index contributed by atoms with van der Waals surface area (Å²) in [6.07, 6.45) is 9.63. The van der Waals surface area contributed by atoms with Crippen LogP contribution < -0.4 is 10.6 Å². The number of aromatic nitrogens is 1. The number of carbonyl (C=O) groups is 3. The van der Waals surface area contributed by atoms with Crippen LogP contribution in [-0.4, -0.2) is 40.2 Å². The van der Waals surface area contributed by atoms with Gasteiger partial charge in [-0.3, -0.25) is 19.4 Å². The molecule has 2 heterocycles. The number of anilines is 1. The highest BCUT2D eigenvalue weighted by atomic mass is 16.2. The number of pyridine rings is 1. The largest absolute Gasteiger partial charge is 0.340 e. The molecule has 1 aliphatic heterocycles. The second kappa shape index (κ2) is 12.6. The van der Waals surface area contributed by atoms with Crippen molar-refractivity contribution in [3.63, 3.8) is 0 Å². The van der Waals surface area contributed by atoms with Crippen molar-refractivity contribution in [3.8, 4) is 0 Å².